The molecule has 0 bridgehead atoms. The molecule has 0 aliphatic carbocycles. The molecule has 4 aromatic rings. The van der Waals surface area contributed by atoms with Crippen molar-refractivity contribution >= 4 is 41.5 Å². The molecule has 234 valence electrons. The van der Waals surface area contributed by atoms with Crippen molar-refractivity contribution in [3.63, 3.8) is 0 Å². The lowest BCUT2D eigenvalue weighted by molar-refractivity contribution is -0.141. The Bertz CT molecular complexity index is 1710. The van der Waals surface area contributed by atoms with Gasteiger partial charge in [-0.2, -0.15) is 5.10 Å². The van der Waals surface area contributed by atoms with Crippen LogP contribution in [0.15, 0.2) is 108 Å². The van der Waals surface area contributed by atoms with E-state index in [4.69, 9.17) is 4.74 Å². The smallest absolute Gasteiger partial charge is 0.428 e. The van der Waals surface area contributed by atoms with Crippen molar-refractivity contribution in [1.82, 2.24) is 10.3 Å². The minimum Gasteiger partial charge on any atom is -0.481 e. The average molecular weight is 620 g/mol. The Morgan fingerprint density at radius 1 is 0.935 bits per heavy atom. The quantitative estimate of drug-likeness (QED) is 0.136. The summed E-state index contributed by atoms with van der Waals surface area (Å²) in [7, 11) is 0. The lowest BCUT2D eigenvalue weighted by Crippen LogP contribution is -2.42. The summed E-state index contributed by atoms with van der Waals surface area (Å²) in [5, 5.41) is 19.3. The van der Waals surface area contributed by atoms with Crippen LogP contribution in [-0.4, -0.2) is 52.7 Å². The molecule has 0 spiro atoms. The van der Waals surface area contributed by atoms with Gasteiger partial charge in [0.1, 0.15) is 12.6 Å². The number of benzene rings is 4. The van der Waals surface area contributed by atoms with Crippen LogP contribution in [0.2, 0.25) is 0 Å². The van der Waals surface area contributed by atoms with Gasteiger partial charge in [0.2, 0.25) is 5.91 Å². The minimum atomic E-state index is -1.10. The molecule has 4 aromatic carbocycles. The van der Waals surface area contributed by atoms with Crippen LogP contribution in [0.3, 0.4) is 0 Å². The maximum atomic E-state index is 13.3. The second-order valence-corrected chi connectivity index (χ2v) is 10.7. The lowest BCUT2D eigenvalue weighted by atomic mass is 10.1. The van der Waals surface area contributed by atoms with Crippen molar-refractivity contribution < 1.29 is 29.0 Å². The number of hydrogen-bond acceptors (Lipinski definition) is 7. The number of ether oxygens (including phenoxy) is 1. The molecule has 11 nitrogen and oxygen atoms in total. The highest BCUT2D eigenvalue weighted by Crippen LogP contribution is 2.26. The van der Waals surface area contributed by atoms with Crippen LogP contribution in [0.1, 0.15) is 39.0 Å². The summed E-state index contributed by atoms with van der Waals surface area (Å²) in [6.45, 7) is 0.844. The van der Waals surface area contributed by atoms with Gasteiger partial charge in [-0.05, 0) is 52.9 Å². The van der Waals surface area contributed by atoms with Gasteiger partial charge in [0.25, 0.3) is 5.91 Å². The molecular formula is C35H33N5O6. The van der Waals surface area contributed by atoms with E-state index in [9.17, 15) is 24.3 Å². The Labute approximate surface area is 265 Å². The van der Waals surface area contributed by atoms with Crippen LogP contribution in [0, 0.1) is 0 Å². The summed E-state index contributed by atoms with van der Waals surface area (Å²) in [5.74, 6) is -1.78. The number of carbonyl (C=O) groups excluding carboxylic acids is 3. The van der Waals surface area contributed by atoms with E-state index in [2.05, 4.69) is 21.2 Å². The first kappa shape index (κ1) is 31.5. The third-order valence-corrected chi connectivity index (χ3v) is 7.32. The summed E-state index contributed by atoms with van der Waals surface area (Å²) in [5.41, 5.74) is 7.12. The molecule has 0 saturated heterocycles. The van der Waals surface area contributed by atoms with Gasteiger partial charge < -0.3 is 25.4 Å². The third-order valence-electron chi connectivity index (χ3n) is 7.32. The van der Waals surface area contributed by atoms with E-state index in [-0.39, 0.29) is 25.0 Å². The lowest BCUT2D eigenvalue weighted by Gasteiger charge is -2.24. The van der Waals surface area contributed by atoms with Crippen molar-refractivity contribution in [2.24, 2.45) is 5.10 Å². The number of nitrogens with one attached hydrogen (secondary N) is 3. The van der Waals surface area contributed by atoms with Crippen LogP contribution in [-0.2, 0) is 33.9 Å². The van der Waals surface area contributed by atoms with E-state index < -0.39 is 24.5 Å². The fourth-order valence-corrected chi connectivity index (χ4v) is 4.92. The maximum absolute atomic E-state index is 13.3. The standard InChI is InChI=1S/C35H33N5O6/c41-32(42)20-31-34(44)40(18-17-24-7-3-1-4-8-24)22-28-14-13-27(19-30(28)38-31)33(43)37-29-15-11-25(12-16-29)21-36-39-35(45)46-23-26-9-5-2-6-10-26/h1-16,19,21,31,38H,17-18,20,22-23H2,(H,37,43)(H,39,45)(H,41,42). The molecule has 1 atom stereocenters. The number of hydrazone groups is 1. The minimum absolute atomic E-state index is 0.130. The van der Waals surface area contributed by atoms with E-state index in [0.717, 1.165) is 16.7 Å². The van der Waals surface area contributed by atoms with Gasteiger partial charge in [0.15, 0.2) is 0 Å². The summed E-state index contributed by atoms with van der Waals surface area (Å²) in [6.07, 6.45) is 1.00. The summed E-state index contributed by atoms with van der Waals surface area (Å²) < 4.78 is 5.11. The predicted octanol–water partition coefficient (Wildman–Crippen LogP) is 5.04. The average Bonchev–Trinajstić information content (AvgIpc) is 3.19. The van der Waals surface area contributed by atoms with Crippen molar-refractivity contribution in [1.29, 1.82) is 0 Å². The topological polar surface area (TPSA) is 149 Å². The normalized spacial score (nSPS) is 14.1. The Hall–Kier alpha value is -5.97. The number of carbonyl (C=O) groups is 4. The third kappa shape index (κ3) is 8.79. The highest BCUT2D eigenvalue weighted by Gasteiger charge is 2.31. The Morgan fingerprint density at radius 3 is 2.33 bits per heavy atom. The summed E-state index contributed by atoms with van der Waals surface area (Å²) in [4.78, 5) is 51.6. The van der Waals surface area contributed by atoms with Crippen LogP contribution in [0.25, 0.3) is 0 Å². The van der Waals surface area contributed by atoms with Gasteiger partial charge in [0, 0.05) is 30.0 Å². The van der Waals surface area contributed by atoms with E-state index in [0.29, 0.717) is 35.5 Å². The van der Waals surface area contributed by atoms with Crippen LogP contribution < -0.4 is 16.1 Å². The molecule has 4 N–H and O–H groups in total. The molecule has 1 unspecified atom stereocenters. The molecule has 46 heavy (non-hydrogen) atoms. The van der Waals surface area contributed by atoms with Gasteiger partial charge in [-0.25, -0.2) is 10.2 Å². The number of hydrogen-bond donors (Lipinski definition) is 4. The number of carboxylic acid groups (broad SMARTS) is 1. The Kier molecular flexibility index (Phi) is 10.4. The number of carboxylic acids is 1. The zero-order valence-electron chi connectivity index (χ0n) is 24.9. The fourth-order valence-electron chi connectivity index (χ4n) is 4.92. The second-order valence-electron chi connectivity index (χ2n) is 10.7. The fraction of sp³-hybridized carbons (Fsp3) is 0.171. The molecule has 0 fully saturated rings. The summed E-state index contributed by atoms with van der Waals surface area (Å²) >= 11 is 0. The van der Waals surface area contributed by atoms with Gasteiger partial charge in [-0.3, -0.25) is 14.4 Å². The maximum Gasteiger partial charge on any atom is 0.428 e. The van der Waals surface area contributed by atoms with Crippen molar-refractivity contribution in [3.05, 3.63) is 131 Å². The van der Waals surface area contributed by atoms with E-state index in [1.165, 1.54) is 6.21 Å². The van der Waals surface area contributed by atoms with E-state index in [1.54, 1.807) is 47.4 Å². The van der Waals surface area contributed by atoms with Crippen LogP contribution in [0.4, 0.5) is 16.2 Å². The number of fused-ring (bicyclic) bond motifs is 1. The first-order valence-corrected chi connectivity index (χ1v) is 14.7. The molecule has 5 rings (SSSR count). The number of nitrogens with zero attached hydrogens (tertiary/aromatic N) is 2. The number of aliphatic carboxylic acids is 1. The largest absolute Gasteiger partial charge is 0.481 e. The molecule has 3 amide bonds. The first-order chi connectivity index (χ1) is 22.3. The molecule has 0 radical (unpaired) electrons. The highest BCUT2D eigenvalue weighted by atomic mass is 16.6. The van der Waals surface area contributed by atoms with Crippen molar-refractivity contribution in [3.8, 4) is 0 Å². The Balaban J connectivity index is 1.19. The zero-order valence-corrected chi connectivity index (χ0v) is 24.9. The predicted molar refractivity (Wildman–Crippen MR) is 173 cm³/mol. The van der Waals surface area contributed by atoms with Gasteiger partial charge >= 0.3 is 12.1 Å². The van der Waals surface area contributed by atoms with Gasteiger partial charge in [-0.15, -0.1) is 0 Å². The molecule has 0 saturated carbocycles. The molecule has 1 aliphatic rings. The molecule has 1 heterocycles. The number of anilines is 2. The van der Waals surface area contributed by atoms with Gasteiger partial charge in [0.05, 0.1) is 12.6 Å². The van der Waals surface area contributed by atoms with E-state index in [1.807, 2.05) is 60.7 Å². The van der Waals surface area contributed by atoms with E-state index >= 15 is 0 Å². The number of rotatable bonds is 11. The summed E-state index contributed by atoms with van der Waals surface area (Å²) in [6, 6.07) is 30.0. The number of amides is 3. The molecular weight excluding hydrogens is 586 g/mol. The van der Waals surface area contributed by atoms with Crippen molar-refractivity contribution in [2.75, 3.05) is 17.2 Å². The molecule has 0 aromatic heterocycles. The van der Waals surface area contributed by atoms with Gasteiger partial charge in [-0.1, -0.05) is 78.9 Å². The molecule has 1 aliphatic heterocycles. The second kappa shape index (κ2) is 15.2. The highest BCUT2D eigenvalue weighted by molar-refractivity contribution is 6.05. The molecule has 11 heteroatoms. The zero-order chi connectivity index (χ0) is 32.3. The van der Waals surface area contributed by atoms with Crippen molar-refractivity contribution in [2.45, 2.75) is 32.0 Å². The monoisotopic (exact) mass is 619 g/mol. The SMILES string of the molecule is O=C(O)CC1Nc2cc(C(=O)Nc3ccc(C=NNC(=O)OCc4ccccc4)cc3)ccc2CN(CCc2ccccc2)C1=O. The van der Waals surface area contributed by atoms with Crippen LogP contribution in [0.5, 0.6) is 0 Å². The first-order valence-electron chi connectivity index (χ1n) is 14.7. The Morgan fingerprint density at radius 2 is 1.63 bits per heavy atom. The van der Waals surface area contributed by atoms with Crippen LogP contribution >= 0.6 is 0 Å².